The molecular formula is C18H24N2S. The summed E-state index contributed by atoms with van der Waals surface area (Å²) in [5.74, 6) is 0. The van der Waals surface area contributed by atoms with Gasteiger partial charge in [0.05, 0.1) is 0 Å². The molecule has 0 aliphatic heterocycles. The number of hydrogen-bond acceptors (Lipinski definition) is 3. The quantitative estimate of drug-likeness (QED) is 0.726. The fourth-order valence-corrected chi connectivity index (χ4v) is 3.27. The first-order valence-electron chi connectivity index (χ1n) is 7.94. The summed E-state index contributed by atoms with van der Waals surface area (Å²) in [5, 5.41) is 7.89. The van der Waals surface area contributed by atoms with Gasteiger partial charge in [0.15, 0.2) is 0 Å². The Hall–Kier alpha value is -1.32. The van der Waals surface area contributed by atoms with Crippen LogP contribution in [0.4, 0.5) is 5.69 Å². The summed E-state index contributed by atoms with van der Waals surface area (Å²) in [4.78, 5) is 2.56. The van der Waals surface area contributed by atoms with Gasteiger partial charge in [0, 0.05) is 24.8 Å². The Morgan fingerprint density at radius 1 is 1.14 bits per heavy atom. The van der Waals surface area contributed by atoms with E-state index in [0.29, 0.717) is 0 Å². The Morgan fingerprint density at radius 2 is 1.95 bits per heavy atom. The zero-order valence-electron chi connectivity index (χ0n) is 12.7. The molecule has 1 saturated carbocycles. The second-order valence-electron chi connectivity index (χ2n) is 5.83. The smallest absolute Gasteiger partial charge is 0.0440 e. The first-order chi connectivity index (χ1) is 10.4. The van der Waals surface area contributed by atoms with E-state index in [1.807, 2.05) is 0 Å². The molecule has 0 bridgehead atoms. The summed E-state index contributed by atoms with van der Waals surface area (Å²) in [7, 11) is 0. The number of nitrogens with zero attached hydrogens (tertiary/aromatic N) is 1. The van der Waals surface area contributed by atoms with Crippen LogP contribution in [0.15, 0.2) is 41.1 Å². The molecule has 0 amide bonds. The molecule has 1 aromatic heterocycles. The number of hydrogen-bond donors (Lipinski definition) is 1. The summed E-state index contributed by atoms with van der Waals surface area (Å²) in [6.07, 6.45) is 3.86. The molecule has 3 rings (SSSR count). The molecule has 0 radical (unpaired) electrons. The lowest BCUT2D eigenvalue weighted by molar-refractivity contribution is 0.675. The van der Waals surface area contributed by atoms with E-state index in [4.69, 9.17) is 0 Å². The fourth-order valence-electron chi connectivity index (χ4n) is 2.61. The third kappa shape index (κ3) is 4.08. The van der Waals surface area contributed by atoms with Crippen LogP contribution in [0.2, 0.25) is 0 Å². The van der Waals surface area contributed by atoms with E-state index in [1.54, 1.807) is 11.3 Å². The highest BCUT2D eigenvalue weighted by Gasteiger charge is 2.29. The second-order valence-corrected chi connectivity index (χ2v) is 6.61. The summed E-state index contributed by atoms with van der Waals surface area (Å²) in [6, 6.07) is 12.1. The molecule has 1 fully saturated rings. The van der Waals surface area contributed by atoms with Crippen molar-refractivity contribution in [2.75, 3.05) is 11.4 Å². The lowest BCUT2D eigenvalue weighted by atomic mass is 10.1. The number of anilines is 1. The lowest BCUT2D eigenvalue weighted by Gasteiger charge is -2.24. The third-order valence-electron chi connectivity index (χ3n) is 3.94. The van der Waals surface area contributed by atoms with Crippen molar-refractivity contribution in [2.45, 2.75) is 45.3 Å². The maximum Gasteiger partial charge on any atom is 0.0440 e. The van der Waals surface area contributed by atoms with Gasteiger partial charge in [-0.05, 0) is 65.9 Å². The van der Waals surface area contributed by atoms with Crippen LogP contribution in [0.5, 0.6) is 0 Å². The topological polar surface area (TPSA) is 15.3 Å². The minimum absolute atomic E-state index is 0.744. The average molecular weight is 300 g/mol. The van der Waals surface area contributed by atoms with Crippen LogP contribution < -0.4 is 10.2 Å². The van der Waals surface area contributed by atoms with Crippen LogP contribution >= 0.6 is 11.3 Å². The fraction of sp³-hybridized carbons (Fsp3) is 0.444. The maximum absolute atomic E-state index is 3.46. The van der Waals surface area contributed by atoms with Gasteiger partial charge < -0.3 is 10.2 Å². The van der Waals surface area contributed by atoms with E-state index in [1.165, 1.54) is 36.1 Å². The van der Waals surface area contributed by atoms with Crippen molar-refractivity contribution in [3.8, 4) is 0 Å². The predicted molar refractivity (Wildman–Crippen MR) is 92.0 cm³/mol. The molecule has 0 saturated heterocycles. The highest BCUT2D eigenvalue weighted by molar-refractivity contribution is 7.07. The number of rotatable bonds is 8. The van der Waals surface area contributed by atoms with E-state index >= 15 is 0 Å². The molecule has 0 unspecified atom stereocenters. The minimum Gasteiger partial charge on any atom is -0.364 e. The first-order valence-corrected chi connectivity index (χ1v) is 8.88. The number of benzene rings is 1. The highest BCUT2D eigenvalue weighted by atomic mass is 32.1. The predicted octanol–water partition coefficient (Wildman–Crippen LogP) is 4.42. The molecule has 0 spiro atoms. The van der Waals surface area contributed by atoms with Crippen LogP contribution in [-0.4, -0.2) is 12.6 Å². The van der Waals surface area contributed by atoms with Gasteiger partial charge in [-0.1, -0.05) is 19.1 Å². The molecule has 1 heterocycles. The molecule has 2 nitrogen and oxygen atoms in total. The van der Waals surface area contributed by atoms with Crippen LogP contribution in [0.25, 0.3) is 0 Å². The second kappa shape index (κ2) is 7.10. The van der Waals surface area contributed by atoms with Crippen molar-refractivity contribution < 1.29 is 0 Å². The van der Waals surface area contributed by atoms with E-state index < -0.39 is 0 Å². The zero-order chi connectivity index (χ0) is 14.5. The van der Waals surface area contributed by atoms with Crippen molar-refractivity contribution >= 4 is 17.0 Å². The summed E-state index contributed by atoms with van der Waals surface area (Å²) in [5.41, 5.74) is 4.17. The van der Waals surface area contributed by atoms with E-state index in [-0.39, 0.29) is 0 Å². The normalized spacial score (nSPS) is 14.3. The standard InChI is InChI=1S/C18H24N2S/c1-2-10-19-12-15-3-5-17(6-4-15)20(18-7-8-18)13-16-9-11-21-14-16/h3-6,9,11,14,18-19H,2,7-8,10,12-13H2,1H3. The molecule has 1 aliphatic rings. The molecule has 1 aromatic carbocycles. The lowest BCUT2D eigenvalue weighted by Crippen LogP contribution is -2.24. The van der Waals surface area contributed by atoms with E-state index in [2.05, 4.69) is 58.2 Å². The Labute approximate surface area is 131 Å². The van der Waals surface area contributed by atoms with Crippen molar-refractivity contribution in [1.82, 2.24) is 5.32 Å². The summed E-state index contributed by atoms with van der Waals surface area (Å²) < 4.78 is 0. The van der Waals surface area contributed by atoms with Gasteiger partial charge in [-0.15, -0.1) is 0 Å². The van der Waals surface area contributed by atoms with Gasteiger partial charge in [0.25, 0.3) is 0 Å². The molecule has 0 atom stereocenters. The van der Waals surface area contributed by atoms with Crippen molar-refractivity contribution in [3.63, 3.8) is 0 Å². The minimum atomic E-state index is 0.744. The van der Waals surface area contributed by atoms with Crippen LogP contribution in [0.3, 0.4) is 0 Å². The molecule has 1 aliphatic carbocycles. The van der Waals surface area contributed by atoms with Gasteiger partial charge >= 0.3 is 0 Å². The average Bonchev–Trinajstić information content (AvgIpc) is 3.23. The first kappa shape index (κ1) is 14.6. The van der Waals surface area contributed by atoms with Gasteiger partial charge in [-0.3, -0.25) is 0 Å². The molecule has 112 valence electrons. The molecule has 2 aromatic rings. The Bertz CT molecular complexity index is 529. The molecule has 21 heavy (non-hydrogen) atoms. The van der Waals surface area contributed by atoms with Crippen LogP contribution in [-0.2, 0) is 13.1 Å². The Morgan fingerprint density at radius 3 is 2.57 bits per heavy atom. The monoisotopic (exact) mass is 300 g/mol. The van der Waals surface area contributed by atoms with Crippen LogP contribution in [0.1, 0.15) is 37.3 Å². The maximum atomic E-state index is 3.46. The van der Waals surface area contributed by atoms with Crippen LogP contribution in [0, 0.1) is 0 Å². The third-order valence-corrected chi connectivity index (χ3v) is 4.68. The molecular weight excluding hydrogens is 276 g/mol. The van der Waals surface area contributed by atoms with Gasteiger partial charge in [-0.2, -0.15) is 11.3 Å². The van der Waals surface area contributed by atoms with E-state index in [0.717, 1.165) is 25.7 Å². The number of thiophene rings is 1. The van der Waals surface area contributed by atoms with E-state index in [9.17, 15) is 0 Å². The van der Waals surface area contributed by atoms with Gasteiger partial charge in [0.2, 0.25) is 0 Å². The molecule has 1 N–H and O–H groups in total. The van der Waals surface area contributed by atoms with Gasteiger partial charge in [-0.25, -0.2) is 0 Å². The summed E-state index contributed by atoms with van der Waals surface area (Å²) in [6.45, 7) is 5.31. The van der Waals surface area contributed by atoms with Gasteiger partial charge in [0.1, 0.15) is 0 Å². The molecule has 3 heteroatoms. The highest BCUT2D eigenvalue weighted by Crippen LogP contribution is 2.33. The van der Waals surface area contributed by atoms with Crippen molar-refractivity contribution in [3.05, 3.63) is 52.2 Å². The summed E-state index contributed by atoms with van der Waals surface area (Å²) >= 11 is 1.79. The SMILES string of the molecule is CCCNCc1ccc(N(Cc2ccsc2)C2CC2)cc1. The van der Waals surface area contributed by atoms with Crippen molar-refractivity contribution in [1.29, 1.82) is 0 Å². The largest absolute Gasteiger partial charge is 0.364 e. The zero-order valence-corrected chi connectivity index (χ0v) is 13.5. The van der Waals surface area contributed by atoms with Crippen molar-refractivity contribution in [2.24, 2.45) is 0 Å². The Kier molecular flexibility index (Phi) is 4.94. The number of nitrogens with one attached hydrogen (secondary N) is 1. The Balaban J connectivity index is 1.65.